The van der Waals surface area contributed by atoms with Gasteiger partial charge in [-0.2, -0.15) is 0 Å². The molecule has 7 rings (SSSR count). The first-order valence-electron chi connectivity index (χ1n) is 14.1. The number of carbonyl (C=O) groups excluding carboxylic acids is 1. The molecule has 8 heteroatoms. The van der Waals surface area contributed by atoms with Crippen LogP contribution in [0.4, 0.5) is 4.39 Å². The van der Waals surface area contributed by atoms with E-state index in [9.17, 15) is 14.3 Å². The molecule has 0 spiro atoms. The van der Waals surface area contributed by atoms with Gasteiger partial charge in [0.25, 0.3) is 5.91 Å². The van der Waals surface area contributed by atoms with Crippen molar-refractivity contribution in [3.8, 4) is 16.2 Å². The molecule has 41 heavy (non-hydrogen) atoms. The minimum atomic E-state index is -0.768. The van der Waals surface area contributed by atoms with Crippen LogP contribution in [-0.2, 0) is 6.42 Å². The van der Waals surface area contributed by atoms with E-state index in [0.29, 0.717) is 35.8 Å². The van der Waals surface area contributed by atoms with Crippen molar-refractivity contribution in [2.45, 2.75) is 31.2 Å². The number of amides is 1. The number of thiophene rings is 1. The number of imidazole rings is 1. The minimum absolute atomic E-state index is 0.0776. The van der Waals surface area contributed by atoms with Gasteiger partial charge < -0.3 is 19.9 Å². The number of hydrogen-bond acceptors (Lipinski definition) is 5. The Hall–Kier alpha value is -4.01. The lowest BCUT2D eigenvalue weighted by Gasteiger charge is -2.34. The predicted molar refractivity (Wildman–Crippen MR) is 160 cm³/mol. The summed E-state index contributed by atoms with van der Waals surface area (Å²) in [6, 6.07) is 21.5. The molecule has 1 amide bonds. The Balaban J connectivity index is 1.21. The molecule has 2 N–H and O–H groups in total. The van der Waals surface area contributed by atoms with Crippen LogP contribution in [0.15, 0.2) is 72.8 Å². The summed E-state index contributed by atoms with van der Waals surface area (Å²) >= 11 is 1.66. The van der Waals surface area contributed by atoms with Crippen molar-refractivity contribution in [1.82, 2.24) is 19.8 Å². The average molecular weight is 567 g/mol. The summed E-state index contributed by atoms with van der Waals surface area (Å²) in [7, 11) is 2.18. The number of rotatable bonds is 5. The lowest BCUT2D eigenvalue weighted by atomic mass is 9.89. The van der Waals surface area contributed by atoms with Crippen LogP contribution in [0.2, 0.25) is 0 Å². The molecule has 1 saturated heterocycles. The van der Waals surface area contributed by atoms with Crippen molar-refractivity contribution in [3.05, 3.63) is 106 Å². The highest BCUT2D eigenvalue weighted by Gasteiger charge is 2.36. The molecule has 0 aliphatic carbocycles. The Morgan fingerprint density at radius 3 is 2.59 bits per heavy atom. The molecule has 2 aliphatic rings. The van der Waals surface area contributed by atoms with Gasteiger partial charge in [-0.05, 0) is 86.4 Å². The molecule has 1 atom stereocenters. The van der Waals surface area contributed by atoms with E-state index >= 15 is 0 Å². The highest BCUT2D eigenvalue weighted by molar-refractivity contribution is 7.15. The number of H-pyrrole nitrogens is 1. The molecule has 1 unspecified atom stereocenters. The summed E-state index contributed by atoms with van der Waals surface area (Å²) < 4.78 is 14.4. The molecule has 0 radical (unpaired) electrons. The molecule has 5 aromatic rings. The number of benzene rings is 3. The Labute approximate surface area is 242 Å². The normalized spacial score (nSPS) is 17.2. The van der Waals surface area contributed by atoms with Crippen LogP contribution in [-0.4, -0.2) is 57.5 Å². The van der Waals surface area contributed by atoms with Gasteiger partial charge in [0.2, 0.25) is 0 Å². The molecule has 1 fully saturated rings. The van der Waals surface area contributed by atoms with Gasteiger partial charge in [0.1, 0.15) is 23.4 Å². The van der Waals surface area contributed by atoms with Gasteiger partial charge in [0, 0.05) is 28.3 Å². The molecular formula is C33H31FN4O2S. The van der Waals surface area contributed by atoms with Gasteiger partial charge in [-0.25, -0.2) is 9.37 Å². The van der Waals surface area contributed by atoms with Gasteiger partial charge in [-0.3, -0.25) is 4.79 Å². The van der Waals surface area contributed by atoms with Gasteiger partial charge >= 0.3 is 0 Å². The van der Waals surface area contributed by atoms with Crippen molar-refractivity contribution in [3.63, 3.8) is 0 Å². The van der Waals surface area contributed by atoms with Gasteiger partial charge in [-0.15, -0.1) is 11.3 Å². The number of nitrogens with zero attached hydrogens (tertiary/aromatic N) is 3. The van der Waals surface area contributed by atoms with E-state index in [1.54, 1.807) is 16.2 Å². The number of phenols is 1. The number of nitrogens with one attached hydrogen (secondary N) is 1. The van der Waals surface area contributed by atoms with E-state index in [2.05, 4.69) is 41.2 Å². The topological polar surface area (TPSA) is 72.5 Å². The number of aromatic hydroxyl groups is 1. The van der Waals surface area contributed by atoms with Crippen molar-refractivity contribution in [1.29, 1.82) is 0 Å². The third kappa shape index (κ3) is 4.81. The SMILES string of the molecule is CN1CCC(c2ccc(-c3cc4c(s3)CCN(C(c3nc5ccccc5[nH]3)c3cc(F)ccc3O)C4=O)cc2)CC1. The van der Waals surface area contributed by atoms with Crippen molar-refractivity contribution in [2.75, 3.05) is 26.7 Å². The first-order valence-corrected chi connectivity index (χ1v) is 14.9. The predicted octanol–water partition coefficient (Wildman–Crippen LogP) is 6.73. The maximum atomic E-state index is 14.4. The van der Waals surface area contributed by atoms with Crippen LogP contribution in [0.5, 0.6) is 5.75 Å². The maximum absolute atomic E-state index is 14.4. The molecule has 3 aromatic carbocycles. The molecule has 0 saturated carbocycles. The molecule has 4 heterocycles. The fourth-order valence-electron chi connectivity index (χ4n) is 6.23. The highest BCUT2D eigenvalue weighted by Crippen LogP contribution is 2.41. The number of piperidine rings is 1. The summed E-state index contributed by atoms with van der Waals surface area (Å²) in [4.78, 5) is 28.3. The second-order valence-corrected chi connectivity index (χ2v) is 12.3. The number of carbonyl (C=O) groups is 1. The lowest BCUT2D eigenvalue weighted by Crippen LogP contribution is -2.40. The van der Waals surface area contributed by atoms with E-state index in [4.69, 9.17) is 4.98 Å². The smallest absolute Gasteiger partial charge is 0.255 e. The summed E-state index contributed by atoms with van der Waals surface area (Å²) in [5.74, 6) is 0.382. The fraction of sp³-hybridized carbons (Fsp3) is 0.273. The van der Waals surface area contributed by atoms with Crippen LogP contribution >= 0.6 is 11.3 Å². The summed E-state index contributed by atoms with van der Waals surface area (Å²) in [6.45, 7) is 2.69. The molecule has 2 aromatic heterocycles. The largest absolute Gasteiger partial charge is 0.508 e. The van der Waals surface area contributed by atoms with E-state index in [-0.39, 0.29) is 11.7 Å². The number of aromatic amines is 1. The first-order chi connectivity index (χ1) is 19.9. The number of para-hydroxylation sites is 2. The Bertz CT molecular complexity index is 1700. The van der Waals surface area contributed by atoms with Crippen LogP contribution in [0.1, 0.15) is 57.0 Å². The van der Waals surface area contributed by atoms with Gasteiger partial charge in [0.05, 0.1) is 16.6 Å². The Morgan fingerprint density at radius 1 is 1.02 bits per heavy atom. The number of fused-ring (bicyclic) bond motifs is 2. The number of phenolic OH excluding ortho intramolecular Hbond substituents is 1. The van der Waals surface area contributed by atoms with Crippen molar-refractivity contribution < 1.29 is 14.3 Å². The fourth-order valence-corrected chi connectivity index (χ4v) is 7.38. The molecule has 2 aliphatic heterocycles. The van der Waals surface area contributed by atoms with E-state index in [0.717, 1.165) is 39.4 Å². The second kappa shape index (κ2) is 10.4. The summed E-state index contributed by atoms with van der Waals surface area (Å²) in [5, 5.41) is 10.8. The average Bonchev–Trinajstić information content (AvgIpc) is 3.62. The monoisotopic (exact) mass is 566 g/mol. The maximum Gasteiger partial charge on any atom is 0.255 e. The lowest BCUT2D eigenvalue weighted by molar-refractivity contribution is 0.0683. The van der Waals surface area contributed by atoms with E-state index < -0.39 is 11.9 Å². The summed E-state index contributed by atoms with van der Waals surface area (Å²) in [6.07, 6.45) is 3.04. The zero-order chi connectivity index (χ0) is 28.1. The number of aromatic nitrogens is 2. The number of likely N-dealkylation sites (tertiary alicyclic amines) is 1. The van der Waals surface area contributed by atoms with Crippen LogP contribution in [0.25, 0.3) is 21.5 Å². The summed E-state index contributed by atoms with van der Waals surface area (Å²) in [5.41, 5.74) is 5.02. The van der Waals surface area contributed by atoms with Gasteiger partial charge in [0.15, 0.2) is 0 Å². The third-order valence-corrected chi connectivity index (χ3v) is 9.77. The zero-order valence-electron chi connectivity index (χ0n) is 22.8. The third-order valence-electron chi connectivity index (χ3n) is 8.53. The standard InChI is InChI=1S/C33H31FN4O2S/c1-37-15-12-21(13-16-37)20-6-8-22(9-7-20)30-19-25-29(41-30)14-17-38(33(25)40)31(24-18-23(34)10-11-28(24)39)32-35-26-4-2-3-5-27(26)36-32/h2-11,18-19,21,31,39H,12-17H2,1H3,(H,35,36). The Morgan fingerprint density at radius 2 is 1.80 bits per heavy atom. The first kappa shape index (κ1) is 25.9. The van der Waals surface area contributed by atoms with E-state index in [1.807, 2.05) is 30.3 Å². The molecular weight excluding hydrogens is 535 g/mol. The number of hydrogen-bond donors (Lipinski definition) is 2. The quantitative estimate of drug-likeness (QED) is 0.247. The van der Waals surface area contributed by atoms with Crippen LogP contribution in [0.3, 0.4) is 0 Å². The van der Waals surface area contributed by atoms with Gasteiger partial charge in [-0.1, -0.05) is 36.4 Å². The molecule has 6 nitrogen and oxygen atoms in total. The zero-order valence-corrected chi connectivity index (χ0v) is 23.6. The Kier molecular flexibility index (Phi) is 6.60. The van der Waals surface area contributed by atoms with Crippen LogP contribution < -0.4 is 0 Å². The minimum Gasteiger partial charge on any atom is -0.508 e. The molecule has 208 valence electrons. The number of halogens is 1. The van der Waals surface area contributed by atoms with Crippen molar-refractivity contribution >= 4 is 28.3 Å². The second-order valence-electron chi connectivity index (χ2n) is 11.1. The highest BCUT2D eigenvalue weighted by atomic mass is 32.1. The van der Waals surface area contributed by atoms with Crippen molar-refractivity contribution in [2.24, 2.45) is 0 Å². The van der Waals surface area contributed by atoms with E-state index in [1.165, 1.54) is 36.6 Å². The molecule has 0 bridgehead atoms. The van der Waals surface area contributed by atoms with Crippen LogP contribution in [0, 0.1) is 5.82 Å².